The number of H-pyrrole nitrogens is 1. The largest absolute Gasteiger partial charge is 0.506 e. The smallest absolute Gasteiger partial charge is 0.247 e. The number of carbonyl (C=O) groups excluding carboxylic acids is 1. The fourth-order valence-electron chi connectivity index (χ4n) is 4.10. The molecule has 1 aliphatic rings. The molecular weight excluding hydrogens is 463 g/mol. The van der Waals surface area contributed by atoms with E-state index >= 15 is 0 Å². The van der Waals surface area contributed by atoms with Gasteiger partial charge >= 0.3 is 0 Å². The van der Waals surface area contributed by atoms with Crippen LogP contribution in [0.1, 0.15) is 0 Å². The van der Waals surface area contributed by atoms with Crippen LogP contribution in [-0.2, 0) is 4.79 Å². The monoisotopic (exact) mass is 488 g/mol. The van der Waals surface area contributed by atoms with Gasteiger partial charge in [0, 0.05) is 43.1 Å². The van der Waals surface area contributed by atoms with E-state index in [1.807, 2.05) is 6.07 Å². The number of anilines is 4. The van der Waals surface area contributed by atoms with Crippen LogP contribution >= 0.6 is 0 Å². The number of rotatable bonds is 6. The van der Waals surface area contributed by atoms with Gasteiger partial charge in [-0.1, -0.05) is 6.58 Å². The van der Waals surface area contributed by atoms with E-state index in [2.05, 4.69) is 54.2 Å². The second-order valence-electron chi connectivity index (χ2n) is 8.53. The zero-order valence-corrected chi connectivity index (χ0v) is 19.6. The molecule has 36 heavy (non-hydrogen) atoms. The van der Waals surface area contributed by atoms with E-state index in [1.54, 1.807) is 12.1 Å². The van der Waals surface area contributed by atoms with Crippen LogP contribution < -0.4 is 15.5 Å². The van der Waals surface area contributed by atoms with Gasteiger partial charge < -0.3 is 25.5 Å². The summed E-state index contributed by atoms with van der Waals surface area (Å²) >= 11 is 0. The molecule has 0 radical (unpaired) electrons. The lowest BCUT2D eigenvalue weighted by molar-refractivity contribution is -0.111. The average Bonchev–Trinajstić information content (AvgIpc) is 3.35. The Bertz CT molecular complexity index is 1450. The molecule has 0 unspecified atom stereocenters. The van der Waals surface area contributed by atoms with E-state index in [4.69, 9.17) is 0 Å². The third kappa shape index (κ3) is 4.68. The molecule has 0 bridgehead atoms. The van der Waals surface area contributed by atoms with Crippen LogP contribution in [0.25, 0.3) is 22.3 Å². The fourth-order valence-corrected chi connectivity index (χ4v) is 4.10. The van der Waals surface area contributed by atoms with Gasteiger partial charge in [0.1, 0.15) is 11.6 Å². The number of hydrogen-bond donors (Lipinski definition) is 4. The van der Waals surface area contributed by atoms with Crippen LogP contribution in [0.4, 0.5) is 27.4 Å². The molecular formula is C25H25FN8O2. The number of amides is 1. The van der Waals surface area contributed by atoms with Crippen molar-refractivity contribution in [2.45, 2.75) is 0 Å². The minimum Gasteiger partial charge on any atom is -0.506 e. The molecule has 0 atom stereocenters. The third-order valence-corrected chi connectivity index (χ3v) is 6.06. The predicted molar refractivity (Wildman–Crippen MR) is 137 cm³/mol. The van der Waals surface area contributed by atoms with Gasteiger partial charge in [0.15, 0.2) is 5.65 Å². The molecule has 1 amide bonds. The third-order valence-electron chi connectivity index (χ3n) is 6.06. The van der Waals surface area contributed by atoms with Crippen molar-refractivity contribution in [2.24, 2.45) is 0 Å². The lowest BCUT2D eigenvalue weighted by Gasteiger charge is -2.34. The quantitative estimate of drug-likeness (QED) is 0.240. The minimum absolute atomic E-state index is 0.178. The van der Waals surface area contributed by atoms with Gasteiger partial charge in [-0.25, -0.2) is 9.37 Å². The van der Waals surface area contributed by atoms with Crippen molar-refractivity contribution in [3.05, 3.63) is 61.1 Å². The number of aromatic nitrogens is 4. The standard InChI is InChI=1S/C25H25FN8O2/c1-3-22(36)28-15-4-6-19(26)17(12-15)23-18-14-27-32-24(18)31-25(30-23)29-16-5-7-21(35)20(13-16)34-10-8-33(2)9-11-34/h3-7,12-14,35H,1,8-11H2,2H3,(H,28,36)(H2,27,29,30,31,32). The molecule has 1 saturated heterocycles. The Morgan fingerprint density at radius 2 is 1.92 bits per heavy atom. The molecule has 1 aliphatic heterocycles. The van der Waals surface area contributed by atoms with Crippen LogP contribution in [0.15, 0.2) is 55.3 Å². The van der Waals surface area contributed by atoms with Crippen molar-refractivity contribution in [3.63, 3.8) is 0 Å². The van der Waals surface area contributed by atoms with E-state index in [9.17, 15) is 14.3 Å². The Balaban J connectivity index is 1.50. The highest BCUT2D eigenvalue weighted by Gasteiger charge is 2.19. The lowest BCUT2D eigenvalue weighted by atomic mass is 10.1. The molecule has 2 aromatic heterocycles. The summed E-state index contributed by atoms with van der Waals surface area (Å²) in [6, 6.07) is 9.41. The normalized spacial score (nSPS) is 14.1. The van der Waals surface area contributed by atoms with Crippen molar-refractivity contribution in [2.75, 3.05) is 48.8 Å². The molecule has 3 heterocycles. The summed E-state index contributed by atoms with van der Waals surface area (Å²) in [5, 5.41) is 23.6. The molecule has 1 fully saturated rings. The number of aromatic amines is 1. The maximum absolute atomic E-state index is 14.9. The molecule has 4 aromatic rings. The molecule has 184 valence electrons. The Morgan fingerprint density at radius 1 is 1.14 bits per heavy atom. The highest BCUT2D eigenvalue weighted by molar-refractivity contribution is 6.00. The summed E-state index contributed by atoms with van der Waals surface area (Å²) in [7, 11) is 2.07. The summed E-state index contributed by atoms with van der Waals surface area (Å²) in [5.74, 6) is -0.511. The van der Waals surface area contributed by atoms with E-state index in [-0.39, 0.29) is 17.3 Å². The van der Waals surface area contributed by atoms with Crippen LogP contribution in [0.3, 0.4) is 0 Å². The molecule has 11 heteroatoms. The zero-order valence-electron chi connectivity index (χ0n) is 19.6. The van der Waals surface area contributed by atoms with Crippen molar-refractivity contribution >= 4 is 40.0 Å². The summed E-state index contributed by atoms with van der Waals surface area (Å²) in [5.41, 5.74) is 2.68. The minimum atomic E-state index is -0.513. The fraction of sp³-hybridized carbons (Fsp3) is 0.200. The molecule has 0 saturated carbocycles. The Hall–Kier alpha value is -4.51. The first-order chi connectivity index (χ1) is 17.4. The number of aromatic hydroxyl groups is 1. The zero-order chi connectivity index (χ0) is 25.2. The number of hydrogen-bond acceptors (Lipinski definition) is 8. The predicted octanol–water partition coefficient (Wildman–Crippen LogP) is 3.48. The summed E-state index contributed by atoms with van der Waals surface area (Å²) in [6.45, 7) is 6.83. The van der Waals surface area contributed by atoms with E-state index in [0.717, 1.165) is 32.3 Å². The summed E-state index contributed by atoms with van der Waals surface area (Å²) in [4.78, 5) is 25.1. The van der Waals surface area contributed by atoms with Crippen LogP contribution in [0.2, 0.25) is 0 Å². The number of nitrogens with one attached hydrogen (secondary N) is 3. The lowest BCUT2D eigenvalue weighted by Crippen LogP contribution is -2.44. The van der Waals surface area contributed by atoms with E-state index in [1.165, 1.54) is 24.4 Å². The van der Waals surface area contributed by atoms with Gasteiger partial charge in [-0.15, -0.1) is 0 Å². The van der Waals surface area contributed by atoms with Crippen molar-refractivity contribution in [1.82, 2.24) is 25.1 Å². The van der Waals surface area contributed by atoms with Gasteiger partial charge in [-0.05, 0) is 49.5 Å². The van der Waals surface area contributed by atoms with Gasteiger partial charge in [0.05, 0.1) is 23.0 Å². The van der Waals surface area contributed by atoms with Gasteiger partial charge in [-0.3, -0.25) is 9.89 Å². The number of piperazine rings is 1. The number of halogens is 1. The number of nitrogens with zero attached hydrogens (tertiary/aromatic N) is 5. The van der Waals surface area contributed by atoms with Crippen LogP contribution in [-0.4, -0.2) is 69.3 Å². The molecule has 4 N–H and O–H groups in total. The Labute approximate surface area is 206 Å². The summed E-state index contributed by atoms with van der Waals surface area (Å²) < 4.78 is 14.9. The molecule has 0 spiro atoms. The molecule has 10 nitrogen and oxygen atoms in total. The van der Waals surface area contributed by atoms with Gasteiger partial charge in [0.2, 0.25) is 11.9 Å². The molecule has 0 aliphatic carbocycles. The van der Waals surface area contributed by atoms with Crippen LogP contribution in [0.5, 0.6) is 5.75 Å². The molecule has 2 aromatic carbocycles. The molecule has 5 rings (SSSR count). The Kier molecular flexibility index (Phi) is 6.21. The van der Waals surface area contributed by atoms with Gasteiger partial charge in [-0.2, -0.15) is 10.1 Å². The number of phenolic OH excluding ortho intramolecular Hbond substituents is 1. The number of fused-ring (bicyclic) bond motifs is 1. The van der Waals surface area contributed by atoms with Crippen molar-refractivity contribution in [3.8, 4) is 17.0 Å². The highest BCUT2D eigenvalue weighted by atomic mass is 19.1. The Morgan fingerprint density at radius 3 is 2.69 bits per heavy atom. The van der Waals surface area contributed by atoms with Crippen molar-refractivity contribution in [1.29, 1.82) is 0 Å². The van der Waals surface area contributed by atoms with E-state index in [0.29, 0.717) is 33.8 Å². The second-order valence-corrected chi connectivity index (χ2v) is 8.53. The maximum atomic E-state index is 14.9. The van der Waals surface area contributed by atoms with Crippen LogP contribution in [0, 0.1) is 5.82 Å². The first-order valence-corrected chi connectivity index (χ1v) is 11.4. The van der Waals surface area contributed by atoms with Crippen molar-refractivity contribution < 1.29 is 14.3 Å². The number of carbonyl (C=O) groups is 1. The number of phenols is 1. The first kappa shape index (κ1) is 23.2. The number of likely N-dealkylation sites (N-methyl/N-ethyl adjacent to an activating group) is 1. The maximum Gasteiger partial charge on any atom is 0.247 e. The SMILES string of the molecule is C=CC(=O)Nc1ccc(F)c(-c2nc(Nc3ccc(O)c(N4CCN(C)CC4)c3)nc3[nH]ncc23)c1. The summed E-state index contributed by atoms with van der Waals surface area (Å²) in [6.07, 6.45) is 2.66. The topological polar surface area (TPSA) is 122 Å². The highest BCUT2D eigenvalue weighted by Crippen LogP contribution is 2.34. The van der Waals surface area contributed by atoms with Gasteiger partial charge in [0.25, 0.3) is 0 Å². The average molecular weight is 489 g/mol. The first-order valence-electron chi connectivity index (χ1n) is 11.4. The number of benzene rings is 2. The second kappa shape index (κ2) is 9.62. The van der Waals surface area contributed by atoms with E-state index < -0.39 is 11.7 Å².